The van der Waals surface area contributed by atoms with Crippen LogP contribution in [0, 0.1) is 12.3 Å². The predicted molar refractivity (Wildman–Crippen MR) is 60.5 cm³/mol. The first kappa shape index (κ1) is 11.5. The second kappa shape index (κ2) is 6.05. The number of pyridine rings is 1. The van der Waals surface area contributed by atoms with E-state index in [1.165, 1.54) is 0 Å². The minimum atomic E-state index is 0.305. The number of rotatable bonds is 5. The first-order valence-corrected chi connectivity index (χ1v) is 4.92. The van der Waals surface area contributed by atoms with E-state index in [9.17, 15) is 0 Å². The number of nitrogens with zero attached hydrogens (tertiary/aromatic N) is 1. The summed E-state index contributed by atoms with van der Waals surface area (Å²) >= 11 is 0. The van der Waals surface area contributed by atoms with E-state index in [4.69, 9.17) is 11.2 Å². The van der Waals surface area contributed by atoms with Gasteiger partial charge in [-0.25, -0.2) is 4.98 Å². The third-order valence-electron chi connectivity index (χ3n) is 2.11. The Kier molecular flexibility index (Phi) is 4.65. The van der Waals surface area contributed by atoms with Gasteiger partial charge in [0.05, 0.1) is 7.11 Å². The van der Waals surface area contributed by atoms with Crippen molar-refractivity contribution >= 4 is 0 Å². The van der Waals surface area contributed by atoms with Gasteiger partial charge in [-0.15, -0.1) is 12.3 Å². The SMILES string of the molecule is C#CCC(C)NCc1cccnc1OC. The van der Waals surface area contributed by atoms with Crippen molar-refractivity contribution in [3.63, 3.8) is 0 Å². The number of methoxy groups -OCH3 is 1. The Morgan fingerprint density at radius 1 is 1.67 bits per heavy atom. The minimum absolute atomic E-state index is 0.305. The largest absolute Gasteiger partial charge is 0.481 e. The molecule has 0 saturated carbocycles. The molecule has 0 saturated heterocycles. The lowest BCUT2D eigenvalue weighted by Gasteiger charge is -2.12. The van der Waals surface area contributed by atoms with Crippen molar-refractivity contribution in [2.24, 2.45) is 0 Å². The van der Waals surface area contributed by atoms with Crippen molar-refractivity contribution in [1.29, 1.82) is 0 Å². The van der Waals surface area contributed by atoms with Gasteiger partial charge in [-0.3, -0.25) is 0 Å². The van der Waals surface area contributed by atoms with Crippen molar-refractivity contribution in [3.8, 4) is 18.2 Å². The van der Waals surface area contributed by atoms with E-state index in [1.54, 1.807) is 13.3 Å². The summed E-state index contributed by atoms with van der Waals surface area (Å²) in [5.74, 6) is 3.29. The molecule has 0 fully saturated rings. The monoisotopic (exact) mass is 204 g/mol. The van der Waals surface area contributed by atoms with Crippen molar-refractivity contribution in [1.82, 2.24) is 10.3 Å². The molecule has 1 unspecified atom stereocenters. The Hall–Kier alpha value is -1.53. The predicted octanol–water partition coefficient (Wildman–Crippen LogP) is 1.59. The van der Waals surface area contributed by atoms with Crippen molar-refractivity contribution in [3.05, 3.63) is 23.9 Å². The Balaban J connectivity index is 2.54. The van der Waals surface area contributed by atoms with Crippen molar-refractivity contribution in [2.75, 3.05) is 7.11 Å². The number of hydrogen-bond donors (Lipinski definition) is 1. The molecule has 1 N–H and O–H groups in total. The summed E-state index contributed by atoms with van der Waals surface area (Å²) in [5, 5.41) is 3.31. The summed E-state index contributed by atoms with van der Waals surface area (Å²) in [4.78, 5) is 4.12. The van der Waals surface area contributed by atoms with Crippen LogP contribution in [-0.2, 0) is 6.54 Å². The maximum Gasteiger partial charge on any atom is 0.217 e. The molecule has 0 bridgehead atoms. The smallest absolute Gasteiger partial charge is 0.217 e. The molecule has 3 heteroatoms. The summed E-state index contributed by atoms with van der Waals surface area (Å²) in [7, 11) is 1.62. The van der Waals surface area contributed by atoms with Crippen LogP contribution in [0.3, 0.4) is 0 Å². The third-order valence-corrected chi connectivity index (χ3v) is 2.11. The molecular weight excluding hydrogens is 188 g/mol. The van der Waals surface area contributed by atoms with Gasteiger partial charge in [0, 0.05) is 30.8 Å². The van der Waals surface area contributed by atoms with Gasteiger partial charge in [0.1, 0.15) is 0 Å². The van der Waals surface area contributed by atoms with E-state index >= 15 is 0 Å². The highest BCUT2D eigenvalue weighted by Gasteiger charge is 2.04. The van der Waals surface area contributed by atoms with E-state index in [0.717, 1.165) is 18.5 Å². The number of hydrogen-bond acceptors (Lipinski definition) is 3. The van der Waals surface area contributed by atoms with Crippen LogP contribution in [0.4, 0.5) is 0 Å². The molecule has 3 nitrogen and oxygen atoms in total. The zero-order valence-electron chi connectivity index (χ0n) is 9.16. The number of ether oxygens (including phenoxy) is 1. The zero-order chi connectivity index (χ0) is 11.1. The van der Waals surface area contributed by atoms with Crippen LogP contribution >= 0.6 is 0 Å². The van der Waals surface area contributed by atoms with E-state index < -0.39 is 0 Å². The number of nitrogens with one attached hydrogen (secondary N) is 1. The van der Waals surface area contributed by atoms with Gasteiger partial charge in [0.25, 0.3) is 0 Å². The van der Waals surface area contributed by atoms with Crippen LogP contribution in [-0.4, -0.2) is 18.1 Å². The lowest BCUT2D eigenvalue weighted by atomic mass is 10.2. The summed E-state index contributed by atoms with van der Waals surface area (Å²) in [5.41, 5.74) is 1.05. The minimum Gasteiger partial charge on any atom is -0.481 e. The highest BCUT2D eigenvalue weighted by atomic mass is 16.5. The third kappa shape index (κ3) is 3.61. The molecule has 0 amide bonds. The molecule has 0 radical (unpaired) electrons. The zero-order valence-corrected chi connectivity index (χ0v) is 9.16. The Labute approximate surface area is 90.9 Å². The number of aromatic nitrogens is 1. The van der Waals surface area contributed by atoms with E-state index in [-0.39, 0.29) is 0 Å². The van der Waals surface area contributed by atoms with Crippen molar-refractivity contribution < 1.29 is 4.74 Å². The molecule has 1 aromatic rings. The van der Waals surface area contributed by atoms with E-state index in [1.807, 2.05) is 12.1 Å². The van der Waals surface area contributed by atoms with Crippen LogP contribution in [0.15, 0.2) is 18.3 Å². The molecule has 1 atom stereocenters. The standard InChI is InChI=1S/C12H16N2O/c1-4-6-10(2)14-9-11-7-5-8-13-12(11)15-3/h1,5,7-8,10,14H,6,9H2,2-3H3. The molecule has 0 spiro atoms. The van der Waals surface area contributed by atoms with E-state index in [0.29, 0.717) is 11.9 Å². The molecule has 80 valence electrons. The van der Waals surface area contributed by atoms with Crippen LogP contribution in [0.25, 0.3) is 0 Å². The van der Waals surface area contributed by atoms with Gasteiger partial charge in [0.2, 0.25) is 5.88 Å². The molecule has 1 heterocycles. The molecule has 0 aliphatic carbocycles. The molecule has 1 rings (SSSR count). The number of terminal acetylenes is 1. The quantitative estimate of drug-likeness (QED) is 0.740. The first-order valence-electron chi connectivity index (χ1n) is 4.92. The normalized spacial score (nSPS) is 11.8. The van der Waals surface area contributed by atoms with Crippen LogP contribution in [0.5, 0.6) is 5.88 Å². The summed E-state index contributed by atoms with van der Waals surface area (Å²) in [6, 6.07) is 4.19. The molecule has 15 heavy (non-hydrogen) atoms. The van der Waals surface area contributed by atoms with Gasteiger partial charge in [-0.2, -0.15) is 0 Å². The summed E-state index contributed by atoms with van der Waals surface area (Å²) < 4.78 is 5.15. The second-order valence-corrected chi connectivity index (χ2v) is 3.36. The second-order valence-electron chi connectivity index (χ2n) is 3.36. The lowest BCUT2D eigenvalue weighted by molar-refractivity contribution is 0.389. The van der Waals surface area contributed by atoms with Gasteiger partial charge in [0.15, 0.2) is 0 Å². The van der Waals surface area contributed by atoms with Gasteiger partial charge in [-0.05, 0) is 13.0 Å². The van der Waals surface area contributed by atoms with E-state index in [2.05, 4.69) is 23.1 Å². The molecule has 1 aromatic heterocycles. The molecule has 0 aliphatic rings. The Morgan fingerprint density at radius 2 is 2.47 bits per heavy atom. The lowest BCUT2D eigenvalue weighted by Crippen LogP contribution is -2.25. The average Bonchev–Trinajstić information content (AvgIpc) is 2.27. The molecule has 0 aliphatic heterocycles. The fourth-order valence-electron chi connectivity index (χ4n) is 1.28. The maximum atomic E-state index is 5.23. The van der Waals surface area contributed by atoms with Gasteiger partial charge < -0.3 is 10.1 Å². The highest BCUT2D eigenvalue weighted by Crippen LogP contribution is 2.13. The fourth-order valence-corrected chi connectivity index (χ4v) is 1.28. The Bertz CT molecular complexity index is 344. The molecular formula is C12H16N2O. The topological polar surface area (TPSA) is 34.2 Å². The van der Waals surface area contributed by atoms with Gasteiger partial charge in [-0.1, -0.05) is 6.07 Å². The summed E-state index contributed by atoms with van der Waals surface area (Å²) in [6.45, 7) is 2.78. The maximum absolute atomic E-state index is 5.23. The average molecular weight is 204 g/mol. The van der Waals surface area contributed by atoms with Gasteiger partial charge >= 0.3 is 0 Å². The molecule has 0 aromatic carbocycles. The highest BCUT2D eigenvalue weighted by molar-refractivity contribution is 5.25. The summed E-state index contributed by atoms with van der Waals surface area (Å²) in [6.07, 6.45) is 7.67. The van der Waals surface area contributed by atoms with Crippen LogP contribution in [0.1, 0.15) is 18.9 Å². The van der Waals surface area contributed by atoms with Crippen LogP contribution < -0.4 is 10.1 Å². The first-order chi connectivity index (χ1) is 7.27. The van der Waals surface area contributed by atoms with Crippen LogP contribution in [0.2, 0.25) is 0 Å². The van der Waals surface area contributed by atoms with Crippen molar-refractivity contribution in [2.45, 2.75) is 25.9 Å². The fraction of sp³-hybridized carbons (Fsp3) is 0.417. The Morgan fingerprint density at radius 3 is 3.13 bits per heavy atom.